The van der Waals surface area contributed by atoms with Crippen LogP contribution < -0.4 is 15.4 Å². The standard InChI is InChI=1S/C21H24N2O5/c1-4-22-21(26)23-20(25)19(15-8-6-5-7-9-15)28-18(24)13-16-12-14(2)10-11-17(16)27-3/h5-12,19H,4,13H2,1-3H3,(H2,22,23,25,26)/t19-/m1/s1. The van der Waals surface area contributed by atoms with E-state index in [-0.39, 0.29) is 6.42 Å². The van der Waals surface area contributed by atoms with E-state index < -0.39 is 24.0 Å². The van der Waals surface area contributed by atoms with Crippen LogP contribution in [0.1, 0.15) is 29.7 Å². The molecule has 0 aromatic heterocycles. The van der Waals surface area contributed by atoms with Gasteiger partial charge in [-0.15, -0.1) is 0 Å². The molecule has 0 unspecified atom stereocenters. The molecule has 0 radical (unpaired) electrons. The Kier molecular flexibility index (Phi) is 7.56. The van der Waals surface area contributed by atoms with E-state index in [1.54, 1.807) is 43.3 Å². The highest BCUT2D eigenvalue weighted by molar-refractivity contribution is 5.97. The molecule has 1 atom stereocenters. The van der Waals surface area contributed by atoms with Crippen molar-refractivity contribution >= 4 is 17.9 Å². The second-order valence-corrected chi connectivity index (χ2v) is 6.12. The van der Waals surface area contributed by atoms with Gasteiger partial charge in [-0.3, -0.25) is 14.9 Å². The third-order valence-electron chi connectivity index (χ3n) is 3.93. The number of methoxy groups -OCH3 is 1. The number of ether oxygens (including phenoxy) is 2. The van der Waals surface area contributed by atoms with E-state index in [0.29, 0.717) is 23.4 Å². The molecule has 0 fully saturated rings. The van der Waals surface area contributed by atoms with E-state index in [4.69, 9.17) is 9.47 Å². The number of urea groups is 1. The molecule has 0 bridgehead atoms. The quantitative estimate of drug-likeness (QED) is 0.716. The third kappa shape index (κ3) is 5.84. The summed E-state index contributed by atoms with van der Waals surface area (Å²) in [7, 11) is 1.52. The molecule has 3 amide bonds. The number of carbonyl (C=O) groups is 3. The molecule has 0 heterocycles. The largest absolute Gasteiger partial charge is 0.496 e. The van der Waals surface area contributed by atoms with Crippen LogP contribution in [0.4, 0.5) is 4.79 Å². The first-order chi connectivity index (χ1) is 13.4. The van der Waals surface area contributed by atoms with Crippen molar-refractivity contribution in [2.24, 2.45) is 0 Å². The van der Waals surface area contributed by atoms with Gasteiger partial charge in [0.05, 0.1) is 13.5 Å². The van der Waals surface area contributed by atoms with Crippen LogP contribution in [0.5, 0.6) is 5.75 Å². The molecule has 0 aliphatic heterocycles. The molecule has 0 saturated carbocycles. The van der Waals surface area contributed by atoms with Crippen molar-refractivity contribution in [3.05, 3.63) is 65.2 Å². The molecule has 0 aliphatic carbocycles. The number of rotatable bonds is 7. The number of hydrogen-bond donors (Lipinski definition) is 2. The van der Waals surface area contributed by atoms with Crippen molar-refractivity contribution in [1.29, 1.82) is 0 Å². The zero-order valence-electron chi connectivity index (χ0n) is 16.2. The maximum absolute atomic E-state index is 12.5. The maximum atomic E-state index is 12.5. The first-order valence-corrected chi connectivity index (χ1v) is 8.91. The summed E-state index contributed by atoms with van der Waals surface area (Å²) in [4.78, 5) is 36.7. The van der Waals surface area contributed by atoms with Crippen molar-refractivity contribution < 1.29 is 23.9 Å². The third-order valence-corrected chi connectivity index (χ3v) is 3.93. The Morgan fingerprint density at radius 1 is 1.07 bits per heavy atom. The highest BCUT2D eigenvalue weighted by atomic mass is 16.5. The Hall–Kier alpha value is -3.35. The number of aryl methyl sites for hydroxylation is 1. The summed E-state index contributed by atoms with van der Waals surface area (Å²) in [6.45, 7) is 4.00. The average Bonchev–Trinajstić information content (AvgIpc) is 2.67. The van der Waals surface area contributed by atoms with Crippen LogP contribution in [-0.2, 0) is 20.7 Å². The second-order valence-electron chi connectivity index (χ2n) is 6.12. The number of amides is 3. The molecular formula is C21H24N2O5. The molecular weight excluding hydrogens is 360 g/mol. The summed E-state index contributed by atoms with van der Waals surface area (Å²) in [5.41, 5.74) is 2.09. The van der Waals surface area contributed by atoms with Crippen LogP contribution in [0.3, 0.4) is 0 Å². The highest BCUT2D eigenvalue weighted by Gasteiger charge is 2.26. The minimum absolute atomic E-state index is 0.0668. The molecule has 7 nitrogen and oxygen atoms in total. The predicted octanol–water partition coefficient (Wildman–Crippen LogP) is 2.68. The lowest BCUT2D eigenvalue weighted by Gasteiger charge is -2.18. The van der Waals surface area contributed by atoms with Crippen LogP contribution in [0.25, 0.3) is 0 Å². The van der Waals surface area contributed by atoms with E-state index in [1.165, 1.54) is 7.11 Å². The van der Waals surface area contributed by atoms with Crippen molar-refractivity contribution in [1.82, 2.24) is 10.6 Å². The maximum Gasteiger partial charge on any atom is 0.321 e. The molecule has 7 heteroatoms. The van der Waals surface area contributed by atoms with Gasteiger partial charge in [0.25, 0.3) is 5.91 Å². The molecule has 148 valence electrons. The minimum Gasteiger partial charge on any atom is -0.496 e. The van der Waals surface area contributed by atoms with Crippen LogP contribution in [0, 0.1) is 6.92 Å². The van der Waals surface area contributed by atoms with Crippen molar-refractivity contribution in [3.8, 4) is 5.75 Å². The van der Waals surface area contributed by atoms with Gasteiger partial charge in [0.1, 0.15) is 5.75 Å². The van der Waals surface area contributed by atoms with E-state index in [2.05, 4.69) is 10.6 Å². The Morgan fingerprint density at radius 3 is 2.43 bits per heavy atom. The summed E-state index contributed by atoms with van der Waals surface area (Å²) in [6.07, 6.45) is -1.31. The molecule has 2 aromatic rings. The molecule has 2 aromatic carbocycles. The zero-order chi connectivity index (χ0) is 20.5. The number of carbonyl (C=O) groups excluding carboxylic acids is 3. The van der Waals surface area contributed by atoms with Crippen LogP contribution in [0.2, 0.25) is 0 Å². The highest BCUT2D eigenvalue weighted by Crippen LogP contribution is 2.23. The lowest BCUT2D eigenvalue weighted by atomic mass is 10.1. The molecule has 2 N–H and O–H groups in total. The second kappa shape index (κ2) is 10.1. The lowest BCUT2D eigenvalue weighted by Crippen LogP contribution is -2.42. The molecule has 28 heavy (non-hydrogen) atoms. The normalized spacial score (nSPS) is 11.2. The van der Waals surface area contributed by atoms with Gasteiger partial charge in [-0.1, -0.05) is 48.0 Å². The van der Waals surface area contributed by atoms with Crippen molar-refractivity contribution in [3.63, 3.8) is 0 Å². The van der Waals surface area contributed by atoms with Gasteiger partial charge < -0.3 is 14.8 Å². The van der Waals surface area contributed by atoms with Crippen LogP contribution in [0.15, 0.2) is 48.5 Å². The fourth-order valence-corrected chi connectivity index (χ4v) is 2.66. The van der Waals surface area contributed by atoms with E-state index >= 15 is 0 Å². The summed E-state index contributed by atoms with van der Waals surface area (Å²) < 4.78 is 10.7. The van der Waals surface area contributed by atoms with Crippen molar-refractivity contribution in [2.45, 2.75) is 26.4 Å². The molecule has 0 spiro atoms. The molecule has 0 aliphatic rings. The first kappa shape index (κ1) is 21.0. The SMILES string of the molecule is CCNC(=O)NC(=O)[C@H](OC(=O)Cc1cc(C)ccc1OC)c1ccccc1. The van der Waals surface area contributed by atoms with Gasteiger partial charge in [0.2, 0.25) is 6.10 Å². The number of esters is 1. The van der Waals surface area contributed by atoms with Gasteiger partial charge in [-0.25, -0.2) is 4.79 Å². The van der Waals surface area contributed by atoms with Gasteiger partial charge >= 0.3 is 12.0 Å². The monoisotopic (exact) mass is 384 g/mol. The Labute approximate surface area is 164 Å². The Balaban J connectivity index is 2.18. The van der Waals surface area contributed by atoms with Crippen LogP contribution in [-0.4, -0.2) is 31.6 Å². The summed E-state index contributed by atoms with van der Waals surface area (Å²) in [6, 6.07) is 13.4. The van der Waals surface area contributed by atoms with E-state index in [9.17, 15) is 14.4 Å². The van der Waals surface area contributed by atoms with Crippen molar-refractivity contribution in [2.75, 3.05) is 13.7 Å². The van der Waals surface area contributed by atoms with Gasteiger partial charge in [0, 0.05) is 17.7 Å². The lowest BCUT2D eigenvalue weighted by molar-refractivity contribution is -0.155. The average molecular weight is 384 g/mol. The van der Waals surface area contributed by atoms with Crippen LogP contribution >= 0.6 is 0 Å². The number of benzene rings is 2. The molecule has 2 rings (SSSR count). The summed E-state index contributed by atoms with van der Waals surface area (Å²) in [5, 5.41) is 4.66. The number of hydrogen-bond acceptors (Lipinski definition) is 5. The fourth-order valence-electron chi connectivity index (χ4n) is 2.66. The van der Waals surface area contributed by atoms with Gasteiger partial charge in [-0.05, 0) is 19.9 Å². The Morgan fingerprint density at radius 2 is 1.79 bits per heavy atom. The fraction of sp³-hybridized carbons (Fsp3) is 0.286. The first-order valence-electron chi connectivity index (χ1n) is 8.91. The Bertz CT molecular complexity index is 836. The smallest absolute Gasteiger partial charge is 0.321 e. The number of nitrogens with one attached hydrogen (secondary N) is 2. The zero-order valence-corrected chi connectivity index (χ0v) is 16.2. The summed E-state index contributed by atoms with van der Waals surface area (Å²) >= 11 is 0. The summed E-state index contributed by atoms with van der Waals surface area (Å²) in [5.74, 6) is -0.768. The van der Waals surface area contributed by atoms with E-state index in [1.807, 2.05) is 19.1 Å². The molecule has 0 saturated heterocycles. The van der Waals surface area contributed by atoms with Gasteiger partial charge in [0.15, 0.2) is 0 Å². The predicted molar refractivity (Wildman–Crippen MR) is 104 cm³/mol. The van der Waals surface area contributed by atoms with E-state index in [0.717, 1.165) is 5.56 Å². The van der Waals surface area contributed by atoms with Gasteiger partial charge in [-0.2, -0.15) is 0 Å². The minimum atomic E-state index is -1.24. The number of imide groups is 1. The topological polar surface area (TPSA) is 93.7 Å².